The van der Waals surface area contributed by atoms with Crippen molar-refractivity contribution in [3.05, 3.63) is 59.4 Å². The number of carbonyl (C=O) groups is 1. The van der Waals surface area contributed by atoms with Crippen molar-refractivity contribution in [1.29, 1.82) is 0 Å². The Morgan fingerprint density at radius 1 is 1.36 bits per heavy atom. The molecule has 132 valence electrons. The van der Waals surface area contributed by atoms with Crippen molar-refractivity contribution in [2.45, 2.75) is 38.5 Å². The molecular weight excluding hydrogens is 328 g/mol. The number of halogens is 2. The number of benzene rings is 1. The highest BCUT2D eigenvalue weighted by atomic mass is 19.3. The van der Waals surface area contributed by atoms with Gasteiger partial charge in [-0.2, -0.15) is 8.78 Å². The Hall–Kier alpha value is -2.70. The Labute approximate surface area is 144 Å². The van der Waals surface area contributed by atoms with E-state index < -0.39 is 6.61 Å². The Morgan fingerprint density at radius 3 is 3.00 bits per heavy atom. The Balaban J connectivity index is 1.61. The van der Waals surface area contributed by atoms with Gasteiger partial charge in [-0.05, 0) is 54.2 Å². The van der Waals surface area contributed by atoms with Crippen molar-refractivity contribution in [3.8, 4) is 5.75 Å². The predicted octanol–water partition coefficient (Wildman–Crippen LogP) is 3.56. The minimum absolute atomic E-state index is 0.141. The summed E-state index contributed by atoms with van der Waals surface area (Å²) in [5.74, 6) is 0.149. The first kappa shape index (κ1) is 17.1. The van der Waals surface area contributed by atoms with Gasteiger partial charge in [-0.3, -0.25) is 4.98 Å². The standard InChI is InChI=1S/C18H19F2N3O2/c19-17(20)25-14-6-7-15-13(9-14)4-1-5-16(15)23-18(24)22-11-12-3-2-8-21-10-12/h2-3,6-10,16-17H,1,4-5,11H2,(H2,22,23,24). The number of alkyl halides is 2. The van der Waals surface area contributed by atoms with E-state index in [4.69, 9.17) is 0 Å². The highest BCUT2D eigenvalue weighted by Crippen LogP contribution is 2.32. The summed E-state index contributed by atoms with van der Waals surface area (Å²) in [5.41, 5.74) is 2.79. The summed E-state index contributed by atoms with van der Waals surface area (Å²) in [6.07, 6.45) is 5.83. The number of pyridine rings is 1. The molecule has 2 aromatic rings. The first-order valence-corrected chi connectivity index (χ1v) is 8.13. The molecule has 1 unspecified atom stereocenters. The third kappa shape index (κ3) is 4.65. The van der Waals surface area contributed by atoms with Gasteiger partial charge in [0.15, 0.2) is 0 Å². The predicted molar refractivity (Wildman–Crippen MR) is 88.4 cm³/mol. The molecule has 1 aromatic heterocycles. The molecule has 7 heteroatoms. The summed E-state index contributed by atoms with van der Waals surface area (Å²) in [4.78, 5) is 16.1. The SMILES string of the molecule is O=C(NCc1cccnc1)NC1CCCc2cc(OC(F)F)ccc21. The number of aryl methyl sites for hydroxylation is 1. The maximum Gasteiger partial charge on any atom is 0.387 e. The number of hydrogen-bond donors (Lipinski definition) is 2. The molecule has 2 N–H and O–H groups in total. The largest absolute Gasteiger partial charge is 0.435 e. The highest BCUT2D eigenvalue weighted by molar-refractivity contribution is 5.74. The van der Waals surface area contributed by atoms with E-state index in [2.05, 4.69) is 20.4 Å². The molecule has 1 aliphatic rings. The van der Waals surface area contributed by atoms with Gasteiger partial charge in [-0.15, -0.1) is 0 Å². The molecule has 25 heavy (non-hydrogen) atoms. The summed E-state index contributed by atoms with van der Waals surface area (Å²) in [6.45, 7) is -2.45. The van der Waals surface area contributed by atoms with Crippen molar-refractivity contribution >= 4 is 6.03 Å². The number of ether oxygens (including phenoxy) is 1. The molecule has 0 spiro atoms. The molecule has 1 heterocycles. The smallest absolute Gasteiger partial charge is 0.387 e. The third-order valence-corrected chi connectivity index (χ3v) is 4.14. The van der Waals surface area contributed by atoms with Crippen molar-refractivity contribution in [2.24, 2.45) is 0 Å². The maximum absolute atomic E-state index is 12.3. The summed E-state index contributed by atoms with van der Waals surface area (Å²) in [6, 6.07) is 8.17. The minimum atomic E-state index is -2.84. The van der Waals surface area contributed by atoms with Crippen LogP contribution in [0.2, 0.25) is 0 Å². The monoisotopic (exact) mass is 347 g/mol. The molecule has 5 nitrogen and oxygen atoms in total. The zero-order valence-electron chi connectivity index (χ0n) is 13.5. The van der Waals surface area contributed by atoms with Crippen molar-refractivity contribution in [2.75, 3.05) is 0 Å². The van der Waals surface area contributed by atoms with E-state index in [0.717, 1.165) is 36.0 Å². The number of nitrogens with zero attached hydrogens (tertiary/aromatic N) is 1. The zero-order valence-corrected chi connectivity index (χ0v) is 13.5. The molecule has 0 saturated carbocycles. The van der Waals surface area contributed by atoms with Gasteiger partial charge in [-0.1, -0.05) is 12.1 Å². The Morgan fingerprint density at radius 2 is 2.24 bits per heavy atom. The molecular formula is C18H19F2N3O2. The van der Waals surface area contributed by atoms with E-state index in [0.29, 0.717) is 6.54 Å². The summed E-state index contributed by atoms with van der Waals surface area (Å²) in [5, 5.41) is 5.75. The quantitative estimate of drug-likeness (QED) is 0.869. The maximum atomic E-state index is 12.3. The van der Waals surface area contributed by atoms with E-state index >= 15 is 0 Å². The number of urea groups is 1. The van der Waals surface area contributed by atoms with Gasteiger partial charge in [0.05, 0.1) is 6.04 Å². The highest BCUT2D eigenvalue weighted by Gasteiger charge is 2.22. The summed E-state index contributed by atoms with van der Waals surface area (Å²) >= 11 is 0. The van der Waals surface area contributed by atoms with Crippen molar-refractivity contribution in [1.82, 2.24) is 15.6 Å². The van der Waals surface area contributed by atoms with E-state index in [9.17, 15) is 13.6 Å². The fourth-order valence-electron chi connectivity index (χ4n) is 3.01. The number of aromatic nitrogens is 1. The minimum Gasteiger partial charge on any atom is -0.435 e. The number of hydrogen-bond acceptors (Lipinski definition) is 3. The number of fused-ring (bicyclic) bond motifs is 1. The second-order valence-corrected chi connectivity index (χ2v) is 5.87. The lowest BCUT2D eigenvalue weighted by molar-refractivity contribution is -0.0499. The van der Waals surface area contributed by atoms with Crippen LogP contribution in [-0.2, 0) is 13.0 Å². The van der Waals surface area contributed by atoms with Gasteiger partial charge in [0.2, 0.25) is 0 Å². The van der Waals surface area contributed by atoms with Crippen LogP contribution in [0, 0.1) is 0 Å². The number of amides is 2. The molecule has 0 bridgehead atoms. The van der Waals surface area contributed by atoms with Crippen LogP contribution in [0.3, 0.4) is 0 Å². The second kappa shape index (κ2) is 7.92. The van der Waals surface area contributed by atoms with Crippen molar-refractivity contribution < 1.29 is 18.3 Å². The van der Waals surface area contributed by atoms with E-state index in [1.54, 1.807) is 24.5 Å². The van der Waals surface area contributed by atoms with Gasteiger partial charge >= 0.3 is 12.6 Å². The Bertz CT molecular complexity index is 726. The van der Waals surface area contributed by atoms with Crippen LogP contribution in [0.1, 0.15) is 35.6 Å². The fraction of sp³-hybridized carbons (Fsp3) is 0.333. The number of carbonyl (C=O) groups excluding carboxylic acids is 1. The van der Waals surface area contributed by atoms with Crippen molar-refractivity contribution in [3.63, 3.8) is 0 Å². The lowest BCUT2D eigenvalue weighted by Gasteiger charge is -2.27. The van der Waals surface area contributed by atoms with Gasteiger partial charge in [0.25, 0.3) is 0 Å². The van der Waals surface area contributed by atoms with Gasteiger partial charge < -0.3 is 15.4 Å². The molecule has 3 rings (SSSR count). The molecule has 2 amide bonds. The van der Waals surface area contributed by atoms with Crippen LogP contribution in [0.5, 0.6) is 5.75 Å². The molecule has 1 aliphatic carbocycles. The van der Waals surface area contributed by atoms with Crippen LogP contribution in [0.15, 0.2) is 42.7 Å². The van der Waals surface area contributed by atoms with Gasteiger partial charge in [0, 0.05) is 18.9 Å². The molecule has 0 saturated heterocycles. The average Bonchev–Trinajstić information content (AvgIpc) is 2.60. The van der Waals surface area contributed by atoms with Gasteiger partial charge in [0.1, 0.15) is 5.75 Å². The second-order valence-electron chi connectivity index (χ2n) is 5.87. The molecule has 0 aliphatic heterocycles. The van der Waals surface area contributed by atoms with Crippen LogP contribution in [0.4, 0.5) is 13.6 Å². The van der Waals surface area contributed by atoms with E-state index in [-0.39, 0.29) is 17.8 Å². The van der Waals surface area contributed by atoms with Crippen LogP contribution < -0.4 is 15.4 Å². The third-order valence-electron chi connectivity index (χ3n) is 4.14. The lowest BCUT2D eigenvalue weighted by atomic mass is 9.87. The number of nitrogens with one attached hydrogen (secondary N) is 2. The van der Waals surface area contributed by atoms with Crippen LogP contribution in [0.25, 0.3) is 0 Å². The number of rotatable bonds is 5. The molecule has 0 radical (unpaired) electrons. The van der Waals surface area contributed by atoms with E-state index in [1.807, 2.05) is 12.1 Å². The lowest BCUT2D eigenvalue weighted by Crippen LogP contribution is -2.38. The van der Waals surface area contributed by atoms with E-state index in [1.165, 1.54) is 6.07 Å². The molecule has 1 aromatic carbocycles. The first-order valence-electron chi connectivity index (χ1n) is 8.13. The molecule has 0 fully saturated rings. The summed E-state index contributed by atoms with van der Waals surface area (Å²) < 4.78 is 29.1. The van der Waals surface area contributed by atoms with Crippen LogP contribution >= 0.6 is 0 Å². The fourth-order valence-corrected chi connectivity index (χ4v) is 3.01. The normalized spacial score (nSPS) is 16.2. The first-order chi connectivity index (χ1) is 12.1. The van der Waals surface area contributed by atoms with Gasteiger partial charge in [-0.25, -0.2) is 4.79 Å². The Kier molecular flexibility index (Phi) is 5.42. The summed E-state index contributed by atoms with van der Waals surface area (Å²) in [7, 11) is 0. The zero-order chi connectivity index (χ0) is 17.6. The topological polar surface area (TPSA) is 63.2 Å². The molecule has 1 atom stereocenters. The van der Waals surface area contributed by atoms with Crippen LogP contribution in [-0.4, -0.2) is 17.6 Å². The average molecular weight is 347 g/mol.